The van der Waals surface area contributed by atoms with Crippen molar-refractivity contribution in [3.05, 3.63) is 77.9 Å². The second kappa shape index (κ2) is 8.47. The zero-order chi connectivity index (χ0) is 22.0. The third kappa shape index (κ3) is 4.21. The molecule has 1 atom stereocenters. The van der Waals surface area contributed by atoms with Crippen LogP contribution in [0.5, 0.6) is 0 Å². The summed E-state index contributed by atoms with van der Waals surface area (Å²) in [6, 6.07) is 13.5. The van der Waals surface area contributed by atoms with Gasteiger partial charge in [0.05, 0.1) is 16.8 Å². The van der Waals surface area contributed by atoms with E-state index in [9.17, 15) is 4.79 Å². The normalized spacial score (nSPS) is 12.0. The van der Waals surface area contributed by atoms with Gasteiger partial charge in [-0.05, 0) is 37.6 Å². The van der Waals surface area contributed by atoms with Crippen molar-refractivity contribution in [2.45, 2.75) is 26.3 Å². The second-order valence-electron chi connectivity index (χ2n) is 7.65. The van der Waals surface area contributed by atoms with Crippen LogP contribution in [0.1, 0.15) is 28.5 Å². The van der Waals surface area contributed by atoms with Gasteiger partial charge in [-0.15, -0.1) is 0 Å². The molecule has 1 aromatic carbocycles. The molecular weight excluding hydrogens is 388 g/mol. The van der Waals surface area contributed by atoms with Crippen LogP contribution < -0.4 is 5.73 Å². The number of para-hydroxylation sites is 1. The van der Waals surface area contributed by atoms with E-state index in [4.69, 9.17) is 10.7 Å². The third-order valence-corrected chi connectivity index (χ3v) is 5.45. The van der Waals surface area contributed by atoms with Crippen molar-refractivity contribution >= 4 is 22.8 Å². The highest BCUT2D eigenvalue weighted by atomic mass is 16.2. The second-order valence-corrected chi connectivity index (χ2v) is 7.65. The van der Waals surface area contributed by atoms with Gasteiger partial charge in [0.2, 0.25) is 5.95 Å². The van der Waals surface area contributed by atoms with Crippen molar-refractivity contribution < 1.29 is 4.79 Å². The van der Waals surface area contributed by atoms with E-state index in [-0.39, 0.29) is 17.9 Å². The van der Waals surface area contributed by atoms with Gasteiger partial charge in [-0.25, -0.2) is 15.0 Å². The van der Waals surface area contributed by atoms with E-state index in [2.05, 4.69) is 15.0 Å². The van der Waals surface area contributed by atoms with E-state index >= 15 is 0 Å². The van der Waals surface area contributed by atoms with Gasteiger partial charge in [-0.2, -0.15) is 0 Å². The van der Waals surface area contributed by atoms with Crippen LogP contribution in [0.2, 0.25) is 0 Å². The Morgan fingerprint density at radius 2 is 1.87 bits per heavy atom. The minimum Gasteiger partial charge on any atom is -0.368 e. The Hall–Kier alpha value is -3.87. The molecule has 3 heterocycles. The first kappa shape index (κ1) is 20.4. The molecule has 2 N–H and O–H groups in total. The number of nitrogen functional groups attached to an aromatic ring is 1. The van der Waals surface area contributed by atoms with E-state index < -0.39 is 0 Å². The quantitative estimate of drug-likeness (QED) is 0.537. The van der Waals surface area contributed by atoms with Gasteiger partial charge in [-0.1, -0.05) is 24.3 Å². The SMILES string of the molecule is Cc1cccc2c(C(=O)N(C)[C@H](C)Cc3ccccn3)cc(-c3cnc(N)nc3)nc12. The van der Waals surface area contributed by atoms with E-state index in [1.165, 1.54) is 0 Å². The number of anilines is 1. The first-order valence-electron chi connectivity index (χ1n) is 10.1. The van der Waals surface area contributed by atoms with E-state index in [0.29, 0.717) is 23.2 Å². The van der Waals surface area contributed by atoms with Gasteiger partial charge in [0.25, 0.3) is 5.91 Å². The molecule has 0 saturated heterocycles. The number of likely N-dealkylation sites (N-methyl/N-ethyl adjacent to an activating group) is 1. The van der Waals surface area contributed by atoms with E-state index in [0.717, 1.165) is 22.2 Å². The summed E-state index contributed by atoms with van der Waals surface area (Å²) in [5, 5.41) is 0.821. The Bertz CT molecular complexity index is 1220. The number of nitrogens with two attached hydrogens (primary N) is 1. The molecule has 0 aliphatic rings. The van der Waals surface area contributed by atoms with Crippen LogP contribution in [0.4, 0.5) is 5.95 Å². The van der Waals surface area contributed by atoms with Gasteiger partial charge >= 0.3 is 0 Å². The number of aryl methyl sites for hydroxylation is 1. The highest BCUT2D eigenvalue weighted by Gasteiger charge is 2.22. The topological polar surface area (TPSA) is 97.9 Å². The molecule has 0 bridgehead atoms. The minimum atomic E-state index is -0.0703. The molecule has 7 nitrogen and oxygen atoms in total. The smallest absolute Gasteiger partial charge is 0.254 e. The van der Waals surface area contributed by atoms with Crippen LogP contribution in [-0.2, 0) is 6.42 Å². The highest BCUT2D eigenvalue weighted by molar-refractivity contribution is 6.07. The third-order valence-electron chi connectivity index (χ3n) is 5.45. The summed E-state index contributed by atoms with van der Waals surface area (Å²) in [4.78, 5) is 32.6. The standard InChI is InChI=1S/C24H24N6O/c1-15-7-6-9-19-20(12-21(29-22(15)19)17-13-27-24(25)28-14-17)23(31)30(3)16(2)11-18-8-4-5-10-26-18/h4-10,12-14,16H,11H2,1-3H3,(H2,25,27,28)/t16-/m1/s1. The van der Waals surface area contributed by atoms with E-state index in [1.54, 1.807) is 23.5 Å². The Balaban J connectivity index is 1.75. The maximum atomic E-state index is 13.6. The fourth-order valence-electron chi connectivity index (χ4n) is 3.54. The largest absolute Gasteiger partial charge is 0.368 e. The Morgan fingerprint density at radius 1 is 1.10 bits per heavy atom. The molecule has 0 aliphatic heterocycles. The lowest BCUT2D eigenvalue weighted by atomic mass is 10.0. The number of aromatic nitrogens is 4. The zero-order valence-corrected chi connectivity index (χ0v) is 17.8. The molecule has 0 unspecified atom stereocenters. The summed E-state index contributed by atoms with van der Waals surface area (Å²) in [6.07, 6.45) is 5.68. The monoisotopic (exact) mass is 412 g/mol. The first-order chi connectivity index (χ1) is 14.9. The minimum absolute atomic E-state index is 0.0290. The Morgan fingerprint density at radius 3 is 2.58 bits per heavy atom. The van der Waals surface area contributed by atoms with Crippen LogP contribution in [-0.4, -0.2) is 43.8 Å². The van der Waals surface area contributed by atoms with Crippen molar-refractivity contribution in [1.29, 1.82) is 0 Å². The molecule has 4 rings (SSSR count). The summed E-state index contributed by atoms with van der Waals surface area (Å²) in [7, 11) is 1.82. The summed E-state index contributed by atoms with van der Waals surface area (Å²) in [6.45, 7) is 4.01. The summed E-state index contributed by atoms with van der Waals surface area (Å²) in [5.41, 5.74) is 10.3. The maximum absolute atomic E-state index is 13.6. The maximum Gasteiger partial charge on any atom is 0.254 e. The van der Waals surface area contributed by atoms with E-state index in [1.807, 2.05) is 63.4 Å². The van der Waals surface area contributed by atoms with Crippen LogP contribution in [0.15, 0.2) is 61.1 Å². The first-order valence-corrected chi connectivity index (χ1v) is 10.1. The fourth-order valence-corrected chi connectivity index (χ4v) is 3.54. The Labute approximate surface area is 181 Å². The molecule has 0 fully saturated rings. The van der Waals surface area contributed by atoms with Crippen molar-refractivity contribution in [3.8, 4) is 11.3 Å². The van der Waals surface area contributed by atoms with Crippen LogP contribution >= 0.6 is 0 Å². The molecule has 4 aromatic rings. The number of rotatable bonds is 5. The predicted molar refractivity (Wildman–Crippen MR) is 121 cm³/mol. The molecule has 0 spiro atoms. The number of carbonyl (C=O) groups is 1. The molecule has 3 aromatic heterocycles. The lowest BCUT2D eigenvalue weighted by Gasteiger charge is -2.25. The van der Waals surface area contributed by atoms with Crippen LogP contribution in [0.25, 0.3) is 22.2 Å². The van der Waals surface area contributed by atoms with Gasteiger partial charge < -0.3 is 10.6 Å². The summed E-state index contributed by atoms with van der Waals surface area (Å²) in [5.74, 6) is 0.124. The molecule has 0 radical (unpaired) electrons. The number of amides is 1. The molecule has 0 aliphatic carbocycles. The molecule has 156 valence electrons. The molecule has 31 heavy (non-hydrogen) atoms. The molecule has 1 amide bonds. The average molecular weight is 412 g/mol. The predicted octanol–water partition coefficient (Wildman–Crippen LogP) is 3.68. The molecular formula is C24H24N6O. The highest BCUT2D eigenvalue weighted by Crippen LogP contribution is 2.27. The molecule has 0 saturated carbocycles. The lowest BCUT2D eigenvalue weighted by Crippen LogP contribution is -2.36. The lowest BCUT2D eigenvalue weighted by molar-refractivity contribution is 0.0745. The number of nitrogens with zero attached hydrogens (tertiary/aromatic N) is 5. The number of hydrogen-bond donors (Lipinski definition) is 1. The van der Waals surface area contributed by atoms with Gasteiger partial charge in [-0.3, -0.25) is 9.78 Å². The summed E-state index contributed by atoms with van der Waals surface area (Å²) >= 11 is 0. The number of fused-ring (bicyclic) bond motifs is 1. The summed E-state index contributed by atoms with van der Waals surface area (Å²) < 4.78 is 0. The Kier molecular flexibility index (Phi) is 5.58. The number of benzene rings is 1. The molecule has 7 heteroatoms. The average Bonchev–Trinajstić information content (AvgIpc) is 2.79. The number of pyridine rings is 2. The van der Waals surface area contributed by atoms with Crippen LogP contribution in [0.3, 0.4) is 0 Å². The van der Waals surface area contributed by atoms with Crippen molar-refractivity contribution in [2.24, 2.45) is 0 Å². The van der Waals surface area contributed by atoms with Gasteiger partial charge in [0, 0.05) is 54.7 Å². The number of hydrogen-bond acceptors (Lipinski definition) is 6. The fraction of sp³-hybridized carbons (Fsp3) is 0.208. The van der Waals surface area contributed by atoms with Crippen molar-refractivity contribution in [2.75, 3.05) is 12.8 Å². The van der Waals surface area contributed by atoms with Crippen LogP contribution in [0, 0.1) is 6.92 Å². The van der Waals surface area contributed by atoms with Gasteiger partial charge in [0.1, 0.15) is 0 Å². The van der Waals surface area contributed by atoms with Gasteiger partial charge in [0.15, 0.2) is 0 Å². The zero-order valence-electron chi connectivity index (χ0n) is 17.8. The van der Waals surface area contributed by atoms with Crippen molar-refractivity contribution in [3.63, 3.8) is 0 Å². The number of carbonyl (C=O) groups excluding carboxylic acids is 1. The van der Waals surface area contributed by atoms with Crippen molar-refractivity contribution in [1.82, 2.24) is 24.8 Å².